The summed E-state index contributed by atoms with van der Waals surface area (Å²) < 4.78 is 5.15. The molecule has 1 saturated carbocycles. The minimum absolute atomic E-state index is 0.203. The molecule has 1 aromatic heterocycles. The third-order valence-electron chi connectivity index (χ3n) is 5.30. The van der Waals surface area contributed by atoms with Crippen LogP contribution in [0.25, 0.3) is 0 Å². The normalized spacial score (nSPS) is 14.7. The van der Waals surface area contributed by atoms with E-state index in [0.717, 1.165) is 43.4 Å². The highest BCUT2D eigenvalue weighted by Gasteiger charge is 2.17. The van der Waals surface area contributed by atoms with Crippen LogP contribution in [0.4, 0.5) is 0 Å². The molecule has 0 radical (unpaired) electrons. The summed E-state index contributed by atoms with van der Waals surface area (Å²) in [6.45, 7) is 0.511. The number of carbonyl (C=O) groups is 2. The third kappa shape index (κ3) is 6.31. The van der Waals surface area contributed by atoms with Gasteiger partial charge in [0.2, 0.25) is 0 Å². The molecule has 0 unspecified atom stereocenters. The fourth-order valence-corrected chi connectivity index (χ4v) is 3.59. The van der Waals surface area contributed by atoms with Crippen molar-refractivity contribution in [3.8, 4) is 5.75 Å². The second kappa shape index (κ2) is 10.6. The van der Waals surface area contributed by atoms with Crippen LogP contribution in [0, 0.1) is 0 Å². The molecule has 2 aromatic rings. The van der Waals surface area contributed by atoms with Crippen LogP contribution in [0.15, 0.2) is 42.6 Å². The van der Waals surface area contributed by atoms with Crippen LogP contribution >= 0.6 is 0 Å². The van der Waals surface area contributed by atoms with Crippen molar-refractivity contribution >= 4 is 11.8 Å². The number of aromatic nitrogens is 1. The molecule has 0 saturated heterocycles. The lowest BCUT2D eigenvalue weighted by Gasteiger charge is -2.16. The van der Waals surface area contributed by atoms with E-state index in [1.165, 1.54) is 19.0 Å². The number of carbonyl (C=O) groups excluding carboxylic acids is 2. The summed E-state index contributed by atoms with van der Waals surface area (Å²) in [6.07, 6.45) is 9.02. The zero-order valence-electron chi connectivity index (χ0n) is 16.9. The first-order valence-corrected chi connectivity index (χ1v) is 10.3. The van der Waals surface area contributed by atoms with Gasteiger partial charge in [0.25, 0.3) is 11.8 Å². The molecule has 0 bridgehead atoms. The van der Waals surface area contributed by atoms with Gasteiger partial charge in [0.1, 0.15) is 11.4 Å². The third-order valence-corrected chi connectivity index (χ3v) is 5.30. The maximum Gasteiger partial charge on any atom is 0.270 e. The highest BCUT2D eigenvalue weighted by molar-refractivity contribution is 5.98. The number of hydrogen-bond donors (Lipinski definition) is 2. The number of benzene rings is 1. The highest BCUT2D eigenvalue weighted by atomic mass is 16.5. The number of pyridine rings is 1. The maximum atomic E-state index is 12.5. The van der Waals surface area contributed by atoms with Crippen LogP contribution in [-0.4, -0.2) is 36.5 Å². The Morgan fingerprint density at radius 3 is 2.45 bits per heavy atom. The quantitative estimate of drug-likeness (QED) is 0.703. The van der Waals surface area contributed by atoms with E-state index in [4.69, 9.17) is 4.74 Å². The lowest BCUT2D eigenvalue weighted by molar-refractivity contribution is 0.0928. The Bertz CT molecular complexity index is 812. The molecule has 1 aliphatic rings. The summed E-state index contributed by atoms with van der Waals surface area (Å²) in [5, 5.41) is 5.97. The Morgan fingerprint density at radius 2 is 1.76 bits per heavy atom. The van der Waals surface area contributed by atoms with E-state index >= 15 is 0 Å². The monoisotopic (exact) mass is 395 g/mol. The lowest BCUT2D eigenvalue weighted by Crippen LogP contribution is -2.35. The average molecular weight is 396 g/mol. The summed E-state index contributed by atoms with van der Waals surface area (Å²) >= 11 is 0. The predicted molar refractivity (Wildman–Crippen MR) is 112 cm³/mol. The number of methoxy groups -OCH3 is 1. The van der Waals surface area contributed by atoms with Crippen LogP contribution in [0.5, 0.6) is 5.75 Å². The number of ether oxygens (including phenoxy) is 1. The standard InChI is InChI=1S/C23H29N3O3/c1-29-20-10-8-17(9-11-20)12-14-25-22(27)18-13-15-24-21(16-18)23(28)26-19-6-4-2-3-5-7-19/h8-11,13,15-16,19H,2-7,12,14H2,1H3,(H,25,27)(H,26,28). The van der Waals surface area contributed by atoms with Gasteiger partial charge in [-0.3, -0.25) is 14.6 Å². The Labute approximate surface area is 172 Å². The van der Waals surface area contributed by atoms with Crippen molar-refractivity contribution < 1.29 is 14.3 Å². The van der Waals surface area contributed by atoms with E-state index in [1.54, 1.807) is 19.2 Å². The number of amides is 2. The molecule has 3 rings (SSSR count). The van der Waals surface area contributed by atoms with Gasteiger partial charge in [0.05, 0.1) is 7.11 Å². The van der Waals surface area contributed by atoms with E-state index < -0.39 is 0 Å². The Morgan fingerprint density at radius 1 is 1.03 bits per heavy atom. The SMILES string of the molecule is COc1ccc(CCNC(=O)c2ccnc(C(=O)NC3CCCCCC3)c2)cc1. The predicted octanol–water partition coefficient (Wildman–Crippen LogP) is 3.52. The van der Waals surface area contributed by atoms with Gasteiger partial charge >= 0.3 is 0 Å². The fourth-order valence-electron chi connectivity index (χ4n) is 3.59. The van der Waals surface area contributed by atoms with Gasteiger partial charge in [-0.2, -0.15) is 0 Å². The van der Waals surface area contributed by atoms with Crippen molar-refractivity contribution in [1.29, 1.82) is 0 Å². The summed E-state index contributed by atoms with van der Waals surface area (Å²) in [5.74, 6) is 0.401. The Kier molecular flexibility index (Phi) is 7.61. The molecule has 0 aliphatic heterocycles. The Hall–Kier alpha value is -2.89. The summed E-state index contributed by atoms with van der Waals surface area (Å²) in [5.41, 5.74) is 1.85. The summed E-state index contributed by atoms with van der Waals surface area (Å²) in [7, 11) is 1.63. The molecule has 29 heavy (non-hydrogen) atoms. The maximum absolute atomic E-state index is 12.5. The largest absolute Gasteiger partial charge is 0.497 e. The van der Waals surface area contributed by atoms with Crippen molar-refractivity contribution in [3.05, 3.63) is 59.4 Å². The molecule has 2 amide bonds. The molecule has 0 atom stereocenters. The van der Waals surface area contributed by atoms with Crippen molar-refractivity contribution in [2.75, 3.05) is 13.7 Å². The Balaban J connectivity index is 1.52. The van der Waals surface area contributed by atoms with E-state index in [1.807, 2.05) is 24.3 Å². The van der Waals surface area contributed by atoms with Gasteiger partial charge in [0.15, 0.2) is 0 Å². The van der Waals surface area contributed by atoms with Crippen molar-refractivity contribution in [3.63, 3.8) is 0 Å². The molecule has 2 N–H and O–H groups in total. The van der Waals surface area contributed by atoms with Crippen LogP contribution in [-0.2, 0) is 6.42 Å². The molecule has 1 fully saturated rings. The van der Waals surface area contributed by atoms with Crippen molar-refractivity contribution in [2.24, 2.45) is 0 Å². The van der Waals surface area contributed by atoms with Gasteiger partial charge in [-0.15, -0.1) is 0 Å². The van der Waals surface area contributed by atoms with E-state index in [9.17, 15) is 9.59 Å². The zero-order valence-corrected chi connectivity index (χ0v) is 16.9. The minimum atomic E-state index is -0.204. The molecule has 1 heterocycles. The smallest absolute Gasteiger partial charge is 0.270 e. The molecule has 1 aromatic carbocycles. The highest BCUT2D eigenvalue weighted by Crippen LogP contribution is 2.17. The molecular formula is C23H29N3O3. The van der Waals surface area contributed by atoms with E-state index in [2.05, 4.69) is 15.6 Å². The van der Waals surface area contributed by atoms with Crippen LogP contribution in [0.2, 0.25) is 0 Å². The number of nitrogens with one attached hydrogen (secondary N) is 2. The molecular weight excluding hydrogens is 366 g/mol. The first-order chi connectivity index (χ1) is 14.2. The van der Waals surface area contributed by atoms with Crippen molar-refractivity contribution in [2.45, 2.75) is 51.0 Å². The molecule has 6 nitrogen and oxygen atoms in total. The van der Waals surface area contributed by atoms with Gasteiger partial charge in [-0.1, -0.05) is 37.8 Å². The van der Waals surface area contributed by atoms with Gasteiger partial charge in [-0.05, 0) is 49.1 Å². The van der Waals surface area contributed by atoms with Crippen LogP contribution in [0.3, 0.4) is 0 Å². The fraction of sp³-hybridized carbons (Fsp3) is 0.435. The minimum Gasteiger partial charge on any atom is -0.497 e. The molecule has 0 spiro atoms. The van der Waals surface area contributed by atoms with Crippen molar-refractivity contribution in [1.82, 2.24) is 15.6 Å². The molecule has 154 valence electrons. The number of hydrogen-bond acceptors (Lipinski definition) is 4. The van der Waals surface area contributed by atoms with Gasteiger partial charge < -0.3 is 15.4 Å². The molecule has 1 aliphatic carbocycles. The van der Waals surface area contributed by atoms with Gasteiger partial charge in [-0.25, -0.2) is 0 Å². The van der Waals surface area contributed by atoms with Gasteiger partial charge in [0, 0.05) is 24.3 Å². The first kappa shape index (κ1) is 20.8. The first-order valence-electron chi connectivity index (χ1n) is 10.3. The van der Waals surface area contributed by atoms with Crippen LogP contribution in [0.1, 0.15) is 64.9 Å². The second-order valence-corrected chi connectivity index (χ2v) is 7.45. The average Bonchev–Trinajstić information content (AvgIpc) is 3.03. The summed E-state index contributed by atoms with van der Waals surface area (Å²) in [4.78, 5) is 29.1. The lowest BCUT2D eigenvalue weighted by atomic mass is 10.1. The van der Waals surface area contributed by atoms with Crippen LogP contribution < -0.4 is 15.4 Å². The second-order valence-electron chi connectivity index (χ2n) is 7.45. The van der Waals surface area contributed by atoms with E-state index in [-0.39, 0.29) is 23.6 Å². The zero-order chi connectivity index (χ0) is 20.5. The number of rotatable bonds is 7. The number of nitrogens with zero attached hydrogens (tertiary/aromatic N) is 1. The topological polar surface area (TPSA) is 80.3 Å². The molecule has 6 heteroatoms. The summed E-state index contributed by atoms with van der Waals surface area (Å²) in [6, 6.07) is 11.2. The van der Waals surface area contributed by atoms with E-state index in [0.29, 0.717) is 12.1 Å².